The normalized spacial score (nSPS) is 25.9. The van der Waals surface area contributed by atoms with E-state index < -0.39 is 0 Å². The summed E-state index contributed by atoms with van der Waals surface area (Å²) in [6.07, 6.45) is 8.68. The molecule has 0 unspecified atom stereocenters. The number of rotatable bonds is 1. The maximum absolute atomic E-state index is 8.60. The lowest BCUT2D eigenvalue weighted by molar-refractivity contribution is 0.347. The Morgan fingerprint density at radius 1 is 1.20 bits per heavy atom. The molecule has 78 valence electrons. The van der Waals surface area contributed by atoms with Crippen molar-refractivity contribution in [1.29, 1.82) is 5.26 Å². The fraction of sp³-hybridized carbons (Fsp3) is 0.583. The standard InChI is InChI=1S/C12H15N3/c1-9-2-4-10(5-3-9)11-7-14-12(6-13)15-8-11/h7-10H,2-5H2,1H3/t9-,10-. The molecule has 0 atom stereocenters. The Kier molecular flexibility index (Phi) is 2.96. The molecule has 1 aliphatic carbocycles. The van der Waals surface area contributed by atoms with Gasteiger partial charge in [-0.2, -0.15) is 5.26 Å². The number of aromatic nitrogens is 2. The van der Waals surface area contributed by atoms with Gasteiger partial charge in [-0.25, -0.2) is 9.97 Å². The van der Waals surface area contributed by atoms with Crippen molar-refractivity contribution in [1.82, 2.24) is 9.97 Å². The van der Waals surface area contributed by atoms with Crippen LogP contribution in [-0.2, 0) is 0 Å². The van der Waals surface area contributed by atoms with Gasteiger partial charge in [0.25, 0.3) is 0 Å². The highest BCUT2D eigenvalue weighted by Gasteiger charge is 2.20. The van der Waals surface area contributed by atoms with Gasteiger partial charge < -0.3 is 0 Å². The average Bonchev–Trinajstić information content (AvgIpc) is 2.30. The molecule has 15 heavy (non-hydrogen) atoms. The Balaban J connectivity index is 2.07. The van der Waals surface area contributed by atoms with Gasteiger partial charge in [-0.3, -0.25) is 0 Å². The SMILES string of the molecule is C[C@H]1CC[C@H](c2cnc(C#N)nc2)CC1. The van der Waals surface area contributed by atoms with Crippen LogP contribution in [0, 0.1) is 17.2 Å². The Bertz CT molecular complexity index is 355. The van der Waals surface area contributed by atoms with Gasteiger partial charge in [0.15, 0.2) is 0 Å². The van der Waals surface area contributed by atoms with E-state index in [2.05, 4.69) is 16.9 Å². The molecule has 1 fully saturated rings. The highest BCUT2D eigenvalue weighted by Crippen LogP contribution is 2.34. The van der Waals surface area contributed by atoms with Crippen LogP contribution < -0.4 is 0 Å². The summed E-state index contributed by atoms with van der Waals surface area (Å²) in [6, 6.07) is 1.94. The minimum atomic E-state index is 0.267. The van der Waals surface area contributed by atoms with Gasteiger partial charge in [-0.15, -0.1) is 0 Å². The predicted octanol–water partition coefficient (Wildman–Crippen LogP) is 2.64. The molecule has 0 saturated heterocycles. The number of hydrogen-bond donors (Lipinski definition) is 0. The van der Waals surface area contributed by atoms with E-state index in [1.165, 1.54) is 31.2 Å². The molecule has 1 aromatic heterocycles. The Morgan fingerprint density at radius 2 is 1.80 bits per heavy atom. The molecule has 0 bridgehead atoms. The molecule has 0 aromatic carbocycles. The Hall–Kier alpha value is -1.43. The first kappa shape index (κ1) is 10.1. The second-order valence-corrected chi connectivity index (χ2v) is 4.41. The monoisotopic (exact) mass is 201 g/mol. The van der Waals surface area contributed by atoms with E-state index in [-0.39, 0.29) is 5.82 Å². The smallest absolute Gasteiger partial charge is 0.227 e. The Labute approximate surface area is 90.2 Å². The number of nitrogens with zero attached hydrogens (tertiary/aromatic N) is 3. The summed E-state index contributed by atoms with van der Waals surface area (Å²) in [5.74, 6) is 1.73. The second-order valence-electron chi connectivity index (χ2n) is 4.41. The molecule has 0 aliphatic heterocycles. The summed E-state index contributed by atoms with van der Waals surface area (Å²) in [5, 5.41) is 8.60. The van der Waals surface area contributed by atoms with E-state index in [0.29, 0.717) is 5.92 Å². The molecular formula is C12H15N3. The number of nitriles is 1. The highest BCUT2D eigenvalue weighted by molar-refractivity contribution is 5.17. The van der Waals surface area contributed by atoms with Crippen LogP contribution in [0.1, 0.15) is 49.9 Å². The van der Waals surface area contributed by atoms with Crippen molar-refractivity contribution in [3.63, 3.8) is 0 Å². The molecule has 1 saturated carbocycles. The first-order valence-electron chi connectivity index (χ1n) is 5.51. The van der Waals surface area contributed by atoms with Crippen molar-refractivity contribution >= 4 is 0 Å². The summed E-state index contributed by atoms with van der Waals surface area (Å²) in [7, 11) is 0. The summed E-state index contributed by atoms with van der Waals surface area (Å²) in [6.45, 7) is 2.31. The van der Waals surface area contributed by atoms with Crippen LogP contribution in [-0.4, -0.2) is 9.97 Å². The summed E-state index contributed by atoms with van der Waals surface area (Å²) in [4.78, 5) is 8.04. The van der Waals surface area contributed by atoms with E-state index in [9.17, 15) is 0 Å². The molecular weight excluding hydrogens is 186 g/mol. The molecule has 1 aliphatic rings. The minimum absolute atomic E-state index is 0.267. The average molecular weight is 201 g/mol. The maximum Gasteiger partial charge on any atom is 0.232 e. The van der Waals surface area contributed by atoms with Crippen molar-refractivity contribution in [2.75, 3.05) is 0 Å². The van der Waals surface area contributed by atoms with Gasteiger partial charge >= 0.3 is 0 Å². The summed E-state index contributed by atoms with van der Waals surface area (Å²) < 4.78 is 0. The predicted molar refractivity (Wildman–Crippen MR) is 57.1 cm³/mol. The summed E-state index contributed by atoms with van der Waals surface area (Å²) in [5.41, 5.74) is 1.20. The van der Waals surface area contributed by atoms with Gasteiger partial charge in [0, 0.05) is 12.4 Å². The topological polar surface area (TPSA) is 49.6 Å². The lowest BCUT2D eigenvalue weighted by Crippen LogP contribution is -2.11. The largest absolute Gasteiger partial charge is 0.232 e. The molecule has 2 rings (SSSR count). The van der Waals surface area contributed by atoms with Crippen LogP contribution in [0.2, 0.25) is 0 Å². The lowest BCUT2D eigenvalue weighted by Gasteiger charge is -2.25. The zero-order valence-electron chi connectivity index (χ0n) is 8.98. The minimum Gasteiger partial charge on any atom is -0.227 e. The van der Waals surface area contributed by atoms with E-state index in [1.54, 1.807) is 0 Å². The molecule has 1 heterocycles. The van der Waals surface area contributed by atoms with Crippen LogP contribution in [0.15, 0.2) is 12.4 Å². The zero-order valence-corrected chi connectivity index (χ0v) is 8.98. The van der Waals surface area contributed by atoms with E-state index >= 15 is 0 Å². The quantitative estimate of drug-likeness (QED) is 0.701. The lowest BCUT2D eigenvalue weighted by atomic mass is 9.80. The van der Waals surface area contributed by atoms with Crippen LogP contribution >= 0.6 is 0 Å². The molecule has 0 amide bonds. The van der Waals surface area contributed by atoms with Crippen LogP contribution in [0.4, 0.5) is 0 Å². The van der Waals surface area contributed by atoms with Gasteiger partial charge in [0.1, 0.15) is 6.07 Å². The van der Waals surface area contributed by atoms with Crippen LogP contribution in [0.25, 0.3) is 0 Å². The highest BCUT2D eigenvalue weighted by atomic mass is 14.9. The Morgan fingerprint density at radius 3 is 2.33 bits per heavy atom. The van der Waals surface area contributed by atoms with Crippen molar-refractivity contribution in [3.8, 4) is 6.07 Å². The second kappa shape index (κ2) is 4.39. The first-order valence-corrected chi connectivity index (χ1v) is 5.51. The van der Waals surface area contributed by atoms with Crippen molar-refractivity contribution in [3.05, 3.63) is 23.8 Å². The van der Waals surface area contributed by atoms with E-state index in [4.69, 9.17) is 5.26 Å². The molecule has 1 aromatic rings. The van der Waals surface area contributed by atoms with Gasteiger partial charge in [-0.05, 0) is 30.2 Å². The van der Waals surface area contributed by atoms with Gasteiger partial charge in [0.05, 0.1) is 0 Å². The third-order valence-corrected chi connectivity index (χ3v) is 3.26. The van der Waals surface area contributed by atoms with E-state index in [1.807, 2.05) is 18.5 Å². The van der Waals surface area contributed by atoms with Crippen molar-refractivity contribution in [2.45, 2.75) is 38.5 Å². The first-order chi connectivity index (χ1) is 7.29. The fourth-order valence-electron chi connectivity index (χ4n) is 2.20. The van der Waals surface area contributed by atoms with Gasteiger partial charge in [-0.1, -0.05) is 19.8 Å². The van der Waals surface area contributed by atoms with E-state index in [0.717, 1.165) is 5.92 Å². The molecule has 0 radical (unpaired) electrons. The third-order valence-electron chi connectivity index (χ3n) is 3.26. The summed E-state index contributed by atoms with van der Waals surface area (Å²) >= 11 is 0. The fourth-order valence-corrected chi connectivity index (χ4v) is 2.20. The van der Waals surface area contributed by atoms with Crippen molar-refractivity contribution in [2.24, 2.45) is 5.92 Å². The molecule has 0 spiro atoms. The maximum atomic E-state index is 8.60. The zero-order chi connectivity index (χ0) is 10.7. The third kappa shape index (κ3) is 2.33. The molecule has 3 nitrogen and oxygen atoms in total. The van der Waals surface area contributed by atoms with Gasteiger partial charge in [0.2, 0.25) is 5.82 Å². The van der Waals surface area contributed by atoms with Crippen LogP contribution in [0.5, 0.6) is 0 Å². The molecule has 0 N–H and O–H groups in total. The molecule has 3 heteroatoms. The number of hydrogen-bond acceptors (Lipinski definition) is 3. The van der Waals surface area contributed by atoms with Crippen molar-refractivity contribution < 1.29 is 0 Å². The van der Waals surface area contributed by atoms with Crippen LogP contribution in [0.3, 0.4) is 0 Å².